The molecule has 4 heteroatoms. The number of piperidine rings is 1. The lowest BCUT2D eigenvalue weighted by Crippen LogP contribution is -2.72. The van der Waals surface area contributed by atoms with Gasteiger partial charge in [-0.3, -0.25) is 4.90 Å². The van der Waals surface area contributed by atoms with Gasteiger partial charge in [0.1, 0.15) is 0 Å². The Morgan fingerprint density at radius 1 is 1.26 bits per heavy atom. The number of ether oxygens (including phenoxy) is 1. The predicted octanol–water partition coefficient (Wildman–Crippen LogP) is 2.45. The van der Waals surface area contributed by atoms with Crippen molar-refractivity contribution in [2.75, 3.05) is 20.2 Å². The third kappa shape index (κ3) is 1.52. The van der Waals surface area contributed by atoms with Crippen LogP contribution in [0.2, 0.25) is 0 Å². The van der Waals surface area contributed by atoms with Crippen molar-refractivity contribution >= 4 is 0 Å². The van der Waals surface area contributed by atoms with Gasteiger partial charge in [0.05, 0.1) is 18.3 Å². The van der Waals surface area contributed by atoms with E-state index in [-0.39, 0.29) is 34.9 Å². The van der Waals surface area contributed by atoms with E-state index in [1.165, 1.54) is 19.4 Å². The molecular formula is C23H35NO3. The van der Waals surface area contributed by atoms with Crippen molar-refractivity contribution in [2.24, 2.45) is 39.9 Å². The lowest BCUT2D eigenvalue weighted by Gasteiger charge is -2.69. The predicted molar refractivity (Wildman–Crippen MR) is 103 cm³/mol. The normalized spacial score (nSPS) is 63.5. The fourth-order valence-electron chi connectivity index (χ4n) is 10.3. The maximum Gasteiger partial charge on any atom is 0.0814 e. The molecule has 27 heavy (non-hydrogen) atoms. The number of hydrogen-bond acceptors (Lipinski definition) is 4. The van der Waals surface area contributed by atoms with Crippen LogP contribution in [0.3, 0.4) is 0 Å². The standard InChI is InChI=1S/C23H35NO3/c1-5-24-11-21(3)8-7-16(27-4)23-15(21)10-14(19(23)24)22-9-6-13(12(2)20(22)26)17(25)18(22)23/h13-20,25-26H,2,5-11H2,1,3-4H3/t13-,14+,15-,16+,17+,18-,19-,20-,21+,22+,23-/m1/s1. The Bertz CT molecular complexity index is 710. The highest BCUT2D eigenvalue weighted by Gasteiger charge is 2.86. The molecule has 4 nitrogen and oxygen atoms in total. The van der Waals surface area contributed by atoms with Gasteiger partial charge in [-0.25, -0.2) is 0 Å². The molecule has 0 unspecified atom stereocenters. The van der Waals surface area contributed by atoms with E-state index < -0.39 is 6.10 Å². The average molecular weight is 374 g/mol. The highest BCUT2D eigenvalue weighted by atomic mass is 16.5. The van der Waals surface area contributed by atoms with Crippen LogP contribution in [0.4, 0.5) is 0 Å². The molecule has 0 radical (unpaired) electrons. The Morgan fingerprint density at radius 3 is 2.74 bits per heavy atom. The third-order valence-electron chi connectivity index (χ3n) is 10.8. The zero-order valence-electron chi connectivity index (χ0n) is 17.0. The van der Waals surface area contributed by atoms with Gasteiger partial charge in [0, 0.05) is 42.4 Å². The molecule has 2 spiro atoms. The first-order chi connectivity index (χ1) is 12.9. The summed E-state index contributed by atoms with van der Waals surface area (Å²) in [6.45, 7) is 11.3. The maximum atomic E-state index is 11.6. The van der Waals surface area contributed by atoms with Crippen molar-refractivity contribution in [2.45, 2.75) is 70.3 Å². The Labute approximate surface area is 163 Å². The number of methoxy groups -OCH3 is 1. The maximum absolute atomic E-state index is 11.6. The van der Waals surface area contributed by atoms with Gasteiger partial charge in [-0.1, -0.05) is 20.4 Å². The van der Waals surface area contributed by atoms with Crippen molar-refractivity contribution < 1.29 is 14.9 Å². The Morgan fingerprint density at radius 2 is 2.04 bits per heavy atom. The van der Waals surface area contributed by atoms with E-state index in [4.69, 9.17) is 4.74 Å². The minimum absolute atomic E-state index is 0.000440. The molecule has 0 aromatic rings. The molecule has 0 aromatic heterocycles. The summed E-state index contributed by atoms with van der Waals surface area (Å²) < 4.78 is 6.24. The molecule has 11 atom stereocenters. The summed E-state index contributed by atoms with van der Waals surface area (Å²) in [5.41, 5.74) is 1.05. The molecule has 7 bridgehead atoms. The molecule has 7 aliphatic rings. The van der Waals surface area contributed by atoms with E-state index in [9.17, 15) is 10.2 Å². The zero-order valence-corrected chi connectivity index (χ0v) is 17.0. The van der Waals surface area contributed by atoms with Crippen LogP contribution in [-0.2, 0) is 4.74 Å². The van der Waals surface area contributed by atoms with Crippen molar-refractivity contribution in [1.29, 1.82) is 0 Å². The first-order valence-electron chi connectivity index (χ1n) is 11.2. The van der Waals surface area contributed by atoms with Gasteiger partial charge in [-0.2, -0.15) is 0 Å². The molecule has 1 heterocycles. The Hall–Kier alpha value is -0.420. The fourth-order valence-corrected chi connectivity index (χ4v) is 10.3. The van der Waals surface area contributed by atoms with E-state index in [1.54, 1.807) is 0 Å². The second-order valence-corrected chi connectivity index (χ2v) is 11.0. The van der Waals surface area contributed by atoms with E-state index in [1.807, 2.05) is 7.11 Å². The van der Waals surface area contributed by atoms with Crippen LogP contribution in [0.25, 0.3) is 0 Å². The lowest BCUT2D eigenvalue weighted by molar-refractivity contribution is -0.260. The van der Waals surface area contributed by atoms with Gasteiger partial charge in [0.2, 0.25) is 0 Å². The summed E-state index contributed by atoms with van der Waals surface area (Å²) in [6, 6.07) is 0.449. The van der Waals surface area contributed by atoms with E-state index >= 15 is 0 Å². The first-order valence-corrected chi connectivity index (χ1v) is 11.2. The zero-order chi connectivity index (χ0) is 18.9. The van der Waals surface area contributed by atoms with Crippen molar-refractivity contribution in [3.05, 3.63) is 12.2 Å². The number of rotatable bonds is 2. The minimum atomic E-state index is -0.444. The molecule has 0 aromatic carbocycles. The Kier molecular flexibility index (Phi) is 3.23. The summed E-state index contributed by atoms with van der Waals surface area (Å²) in [4.78, 5) is 2.72. The third-order valence-corrected chi connectivity index (χ3v) is 10.8. The molecule has 2 N–H and O–H groups in total. The summed E-state index contributed by atoms with van der Waals surface area (Å²) in [7, 11) is 1.88. The van der Waals surface area contributed by atoms with Crippen molar-refractivity contribution in [1.82, 2.24) is 4.90 Å². The average Bonchev–Trinajstić information content (AvgIpc) is 3.08. The molecule has 6 aliphatic carbocycles. The number of likely N-dealkylation sites (tertiary alicyclic amines) is 1. The van der Waals surface area contributed by atoms with Gasteiger partial charge >= 0.3 is 0 Å². The van der Waals surface area contributed by atoms with Crippen LogP contribution in [0.1, 0.15) is 46.0 Å². The van der Waals surface area contributed by atoms with Crippen LogP contribution in [0.15, 0.2) is 12.2 Å². The molecule has 7 rings (SSSR count). The van der Waals surface area contributed by atoms with E-state index in [2.05, 4.69) is 25.3 Å². The highest BCUT2D eigenvalue weighted by molar-refractivity contribution is 5.39. The topological polar surface area (TPSA) is 52.9 Å². The number of fused-ring (bicyclic) bond motifs is 2. The summed E-state index contributed by atoms with van der Waals surface area (Å²) in [6.07, 6.45) is 4.99. The molecule has 1 aliphatic heterocycles. The summed E-state index contributed by atoms with van der Waals surface area (Å²) in [5, 5.41) is 23.1. The van der Waals surface area contributed by atoms with Crippen molar-refractivity contribution in [3.8, 4) is 0 Å². The number of aliphatic hydroxyl groups excluding tert-OH is 2. The lowest BCUT2D eigenvalue weighted by atomic mass is 9.38. The van der Waals surface area contributed by atoms with Crippen LogP contribution in [0, 0.1) is 39.9 Å². The van der Waals surface area contributed by atoms with Crippen LogP contribution in [0.5, 0.6) is 0 Å². The summed E-state index contributed by atoms with van der Waals surface area (Å²) >= 11 is 0. The van der Waals surface area contributed by atoms with Crippen LogP contribution < -0.4 is 0 Å². The number of hydrogen-bond donors (Lipinski definition) is 2. The van der Waals surface area contributed by atoms with E-state index in [0.29, 0.717) is 23.3 Å². The molecular weight excluding hydrogens is 338 g/mol. The fraction of sp³-hybridized carbons (Fsp3) is 0.913. The van der Waals surface area contributed by atoms with Gasteiger partial charge in [-0.05, 0) is 61.5 Å². The van der Waals surface area contributed by atoms with Crippen LogP contribution in [-0.4, -0.2) is 59.7 Å². The van der Waals surface area contributed by atoms with Gasteiger partial charge < -0.3 is 14.9 Å². The molecule has 7 fully saturated rings. The SMILES string of the molecule is C=C1[C@H]2CC[C@@]3([C@@H]1O)[C@@H]([C@H]2O)[C@@]12[C@@H](OC)CC[C@@]4(C)CN(CC)[C@@H]1[C@@H]3C[C@H]42. The van der Waals surface area contributed by atoms with Gasteiger partial charge in [0.15, 0.2) is 0 Å². The van der Waals surface area contributed by atoms with Crippen LogP contribution >= 0.6 is 0 Å². The Balaban J connectivity index is 1.63. The van der Waals surface area contributed by atoms with Crippen molar-refractivity contribution in [3.63, 3.8) is 0 Å². The first kappa shape index (κ1) is 17.4. The molecule has 1 saturated heterocycles. The molecule has 6 saturated carbocycles. The second-order valence-electron chi connectivity index (χ2n) is 11.0. The number of nitrogens with zero attached hydrogens (tertiary/aromatic N) is 1. The summed E-state index contributed by atoms with van der Waals surface area (Å²) in [5.74, 6) is 1.32. The monoisotopic (exact) mass is 373 g/mol. The van der Waals surface area contributed by atoms with E-state index in [0.717, 1.165) is 31.4 Å². The minimum Gasteiger partial charge on any atom is -0.392 e. The largest absolute Gasteiger partial charge is 0.392 e. The van der Waals surface area contributed by atoms with Gasteiger partial charge in [0.25, 0.3) is 0 Å². The quantitative estimate of drug-likeness (QED) is 0.730. The second kappa shape index (κ2) is 5.00. The van der Waals surface area contributed by atoms with Gasteiger partial charge in [-0.15, -0.1) is 0 Å². The smallest absolute Gasteiger partial charge is 0.0814 e. The highest BCUT2D eigenvalue weighted by Crippen LogP contribution is 2.83. The molecule has 0 amide bonds. The molecule has 150 valence electrons. The number of aliphatic hydroxyl groups is 2.